The van der Waals surface area contributed by atoms with E-state index in [1.807, 2.05) is 48.6 Å². The Hall–Kier alpha value is -3.92. The molecule has 0 radical (unpaired) electrons. The summed E-state index contributed by atoms with van der Waals surface area (Å²) in [6.07, 6.45) is 20.4. The van der Waals surface area contributed by atoms with Gasteiger partial charge in [-0.05, 0) is 24.8 Å². The van der Waals surface area contributed by atoms with Crippen LogP contribution in [0.1, 0.15) is 73.0 Å². The van der Waals surface area contributed by atoms with E-state index in [1.165, 1.54) is 0 Å². The highest BCUT2D eigenvalue weighted by atomic mass is 16.3. The van der Waals surface area contributed by atoms with Crippen molar-refractivity contribution >= 4 is 0 Å². The topological polar surface area (TPSA) is 98.3 Å². The van der Waals surface area contributed by atoms with Crippen molar-refractivity contribution in [3.8, 4) is 5.75 Å². The van der Waals surface area contributed by atoms with Gasteiger partial charge in [0.15, 0.2) is 0 Å². The lowest BCUT2D eigenvalue weighted by molar-refractivity contribution is 0.454. The summed E-state index contributed by atoms with van der Waals surface area (Å²) in [5.74, 6) is -0.163. The van der Waals surface area contributed by atoms with Crippen molar-refractivity contribution in [1.29, 1.82) is 0 Å². The van der Waals surface area contributed by atoms with Gasteiger partial charge >= 0.3 is 0 Å². The highest BCUT2D eigenvalue weighted by Gasteiger charge is 2.23. The molecule has 0 saturated heterocycles. The van der Waals surface area contributed by atoms with Crippen LogP contribution in [0.5, 0.6) is 5.75 Å². The fraction of sp³-hybridized carbons (Fsp3) is 0.273. The third kappa shape index (κ3) is 9.92. The summed E-state index contributed by atoms with van der Waals surface area (Å²) in [6, 6.07) is 4.08. The van der Waals surface area contributed by atoms with Crippen LogP contribution in [-0.4, -0.2) is 5.11 Å². The number of benzene rings is 1. The van der Waals surface area contributed by atoms with Crippen LogP contribution in [0.4, 0.5) is 0 Å². The van der Waals surface area contributed by atoms with Crippen molar-refractivity contribution in [1.82, 2.24) is 0 Å². The normalized spacial score (nSPS) is 14.8. The van der Waals surface area contributed by atoms with Crippen molar-refractivity contribution in [3.05, 3.63) is 140 Å². The van der Waals surface area contributed by atoms with Crippen molar-refractivity contribution < 1.29 is 5.11 Å². The van der Waals surface area contributed by atoms with Crippen molar-refractivity contribution in [3.63, 3.8) is 0 Å². The van der Waals surface area contributed by atoms with Gasteiger partial charge in [-0.1, -0.05) is 66.8 Å². The lowest BCUT2D eigenvalue weighted by Crippen LogP contribution is -2.09. The molecule has 0 aliphatic carbocycles. The number of allylic oxidation sites excluding steroid dienone is 9. The van der Waals surface area contributed by atoms with Gasteiger partial charge in [-0.25, -0.2) is 0 Å². The standard InChI is InChI=1S/C33H45N3O/c1-7-13-24(19-28(34)16-10-4)27-22-31(25(14-8-2)20-29(35)17-11-5)33(37)32(23-27)26(15-9-3)21-30(36)18-12-6/h7-12,19-26,37H,1-6,13-18,34-36H2. The van der Waals surface area contributed by atoms with E-state index in [9.17, 15) is 5.11 Å². The van der Waals surface area contributed by atoms with Gasteiger partial charge in [0.2, 0.25) is 0 Å². The Kier molecular flexibility index (Phi) is 14.0. The summed E-state index contributed by atoms with van der Waals surface area (Å²) in [7, 11) is 0. The van der Waals surface area contributed by atoms with E-state index in [0.29, 0.717) is 49.9 Å². The molecule has 0 spiro atoms. The first-order chi connectivity index (χ1) is 17.8. The van der Waals surface area contributed by atoms with Crippen LogP contribution in [0.3, 0.4) is 0 Å². The molecule has 0 aliphatic rings. The molecule has 0 fully saturated rings. The molecule has 4 heteroatoms. The molecule has 37 heavy (non-hydrogen) atoms. The second-order valence-electron chi connectivity index (χ2n) is 9.14. The molecule has 0 aromatic heterocycles. The molecular weight excluding hydrogens is 454 g/mol. The summed E-state index contributed by atoms with van der Waals surface area (Å²) < 4.78 is 0. The molecule has 1 aromatic carbocycles. The maximum Gasteiger partial charge on any atom is 0.123 e. The van der Waals surface area contributed by atoms with E-state index in [2.05, 4.69) is 39.5 Å². The van der Waals surface area contributed by atoms with Gasteiger partial charge in [-0.3, -0.25) is 0 Å². The molecule has 4 nitrogen and oxygen atoms in total. The van der Waals surface area contributed by atoms with Gasteiger partial charge in [0.05, 0.1) is 0 Å². The number of aromatic hydroxyl groups is 1. The maximum atomic E-state index is 11.6. The maximum absolute atomic E-state index is 11.6. The van der Waals surface area contributed by atoms with Gasteiger partial charge in [-0.15, -0.1) is 39.5 Å². The molecule has 1 rings (SSSR count). The minimum atomic E-state index is -0.172. The van der Waals surface area contributed by atoms with Crippen LogP contribution >= 0.6 is 0 Å². The molecule has 0 heterocycles. The molecule has 3 unspecified atom stereocenters. The Bertz CT molecular complexity index is 996. The molecule has 0 amide bonds. The zero-order chi connectivity index (χ0) is 27.8. The van der Waals surface area contributed by atoms with Crippen LogP contribution in [0.15, 0.2) is 123 Å². The molecule has 0 bridgehead atoms. The van der Waals surface area contributed by atoms with Crippen LogP contribution in [-0.2, 0) is 0 Å². The first-order valence-electron chi connectivity index (χ1n) is 12.7. The molecular formula is C33H45N3O. The number of hydrogen-bond donors (Lipinski definition) is 4. The minimum Gasteiger partial charge on any atom is -0.507 e. The number of phenols is 1. The van der Waals surface area contributed by atoms with Crippen molar-refractivity contribution in [2.24, 2.45) is 17.2 Å². The highest BCUT2D eigenvalue weighted by Crippen LogP contribution is 2.42. The molecule has 0 saturated carbocycles. The van der Waals surface area contributed by atoms with E-state index in [-0.39, 0.29) is 23.5 Å². The average molecular weight is 500 g/mol. The molecule has 1 aromatic rings. The Balaban J connectivity index is 3.99. The summed E-state index contributed by atoms with van der Waals surface area (Å²) in [5.41, 5.74) is 23.5. The second-order valence-corrected chi connectivity index (χ2v) is 9.14. The lowest BCUT2D eigenvalue weighted by Gasteiger charge is -2.24. The average Bonchev–Trinajstić information content (AvgIpc) is 2.84. The summed E-state index contributed by atoms with van der Waals surface area (Å²) in [6.45, 7) is 23.2. The molecule has 7 N–H and O–H groups in total. The molecule has 0 aliphatic heterocycles. The summed E-state index contributed by atoms with van der Waals surface area (Å²) in [4.78, 5) is 0. The van der Waals surface area contributed by atoms with E-state index in [0.717, 1.165) is 22.4 Å². The van der Waals surface area contributed by atoms with Crippen LogP contribution in [0.2, 0.25) is 0 Å². The first kappa shape index (κ1) is 31.1. The monoisotopic (exact) mass is 499 g/mol. The largest absolute Gasteiger partial charge is 0.507 e. The second kappa shape index (κ2) is 16.7. The smallest absolute Gasteiger partial charge is 0.123 e. The zero-order valence-electron chi connectivity index (χ0n) is 22.2. The number of phenolic OH excluding ortho intramolecular Hbond substituents is 1. The molecule has 198 valence electrons. The predicted molar refractivity (Wildman–Crippen MR) is 162 cm³/mol. The fourth-order valence-electron chi connectivity index (χ4n) is 4.37. The van der Waals surface area contributed by atoms with Gasteiger partial charge in [-0.2, -0.15) is 0 Å². The van der Waals surface area contributed by atoms with Gasteiger partial charge < -0.3 is 22.3 Å². The van der Waals surface area contributed by atoms with Gasteiger partial charge in [0, 0.05) is 65.2 Å². The number of nitrogens with two attached hydrogens (primary N) is 3. The summed E-state index contributed by atoms with van der Waals surface area (Å²) >= 11 is 0. The minimum absolute atomic E-state index is 0.0340. The molecule has 3 atom stereocenters. The Morgan fingerprint density at radius 2 is 0.919 bits per heavy atom. The number of rotatable bonds is 18. The highest BCUT2D eigenvalue weighted by molar-refractivity contribution is 5.52. The fourth-order valence-corrected chi connectivity index (χ4v) is 4.37. The van der Waals surface area contributed by atoms with Gasteiger partial charge in [0.25, 0.3) is 0 Å². The lowest BCUT2D eigenvalue weighted by atomic mass is 9.82. The van der Waals surface area contributed by atoms with Crippen LogP contribution in [0, 0.1) is 0 Å². The van der Waals surface area contributed by atoms with Crippen LogP contribution < -0.4 is 17.2 Å². The van der Waals surface area contributed by atoms with Crippen molar-refractivity contribution in [2.75, 3.05) is 0 Å². The third-order valence-corrected chi connectivity index (χ3v) is 6.07. The quantitative estimate of drug-likeness (QED) is 0.156. The Morgan fingerprint density at radius 3 is 1.24 bits per heavy atom. The van der Waals surface area contributed by atoms with Crippen LogP contribution in [0.25, 0.3) is 0 Å². The number of hydrogen-bond acceptors (Lipinski definition) is 4. The Morgan fingerprint density at radius 1 is 0.595 bits per heavy atom. The first-order valence-corrected chi connectivity index (χ1v) is 12.7. The van der Waals surface area contributed by atoms with E-state index < -0.39 is 0 Å². The van der Waals surface area contributed by atoms with E-state index in [1.54, 1.807) is 18.2 Å². The van der Waals surface area contributed by atoms with E-state index >= 15 is 0 Å². The van der Waals surface area contributed by atoms with E-state index in [4.69, 9.17) is 17.2 Å². The van der Waals surface area contributed by atoms with Gasteiger partial charge in [0.1, 0.15) is 5.75 Å². The van der Waals surface area contributed by atoms with Crippen molar-refractivity contribution in [2.45, 2.75) is 56.3 Å². The predicted octanol–water partition coefficient (Wildman–Crippen LogP) is 7.63. The third-order valence-electron chi connectivity index (χ3n) is 6.07. The SMILES string of the molecule is C=CCC(N)=CC(CC=C)c1cc(C(C=C(N)CC=C)CC=C)c(O)c(C(C=C(N)CC=C)CC=C)c1. The summed E-state index contributed by atoms with van der Waals surface area (Å²) in [5, 5.41) is 11.6. The Labute approximate surface area is 224 Å². The zero-order valence-corrected chi connectivity index (χ0v) is 22.2.